The summed E-state index contributed by atoms with van der Waals surface area (Å²) in [4.78, 5) is 0. The second-order valence-electron chi connectivity index (χ2n) is 1.40. The molecule has 0 aromatic carbocycles. The third-order valence-corrected chi connectivity index (χ3v) is 0.844. The van der Waals surface area contributed by atoms with Crippen molar-refractivity contribution in [3.63, 3.8) is 0 Å². The van der Waals surface area contributed by atoms with Crippen LogP contribution in [-0.4, -0.2) is 18.9 Å². The SMILES string of the molecule is [CH2]C(=N)C(C)OC. The van der Waals surface area contributed by atoms with Gasteiger partial charge in [0.25, 0.3) is 0 Å². The summed E-state index contributed by atoms with van der Waals surface area (Å²) >= 11 is 0. The summed E-state index contributed by atoms with van der Waals surface area (Å²) in [7, 11) is 1.56. The van der Waals surface area contributed by atoms with Crippen LogP contribution in [0, 0.1) is 12.3 Å². The van der Waals surface area contributed by atoms with Crippen LogP contribution in [0.25, 0.3) is 0 Å². The Bertz CT molecular complexity index is 70.5. The Kier molecular flexibility index (Phi) is 2.60. The zero-order valence-electron chi connectivity index (χ0n) is 4.69. The third kappa shape index (κ3) is 2.34. The number of hydrogen-bond acceptors (Lipinski definition) is 2. The molecule has 1 N–H and O–H groups in total. The molecule has 0 bridgehead atoms. The molecule has 2 nitrogen and oxygen atoms in total. The fourth-order valence-corrected chi connectivity index (χ4v) is 0.142. The van der Waals surface area contributed by atoms with Crippen LogP contribution in [0.5, 0.6) is 0 Å². The minimum Gasteiger partial charge on any atom is -0.376 e. The molecule has 7 heavy (non-hydrogen) atoms. The maximum Gasteiger partial charge on any atom is 0.0916 e. The van der Waals surface area contributed by atoms with Gasteiger partial charge in [0.2, 0.25) is 0 Å². The monoisotopic (exact) mass is 100 g/mol. The zero-order valence-corrected chi connectivity index (χ0v) is 4.69. The highest BCUT2D eigenvalue weighted by molar-refractivity contribution is 5.89. The van der Waals surface area contributed by atoms with E-state index in [0.29, 0.717) is 5.71 Å². The van der Waals surface area contributed by atoms with Gasteiger partial charge in [0, 0.05) is 12.8 Å². The minimum atomic E-state index is -0.125. The first-order chi connectivity index (χ1) is 3.18. The second-order valence-corrected chi connectivity index (χ2v) is 1.40. The van der Waals surface area contributed by atoms with E-state index in [9.17, 15) is 0 Å². The number of hydrogen-bond donors (Lipinski definition) is 1. The highest BCUT2D eigenvalue weighted by Gasteiger charge is 1.97. The molecule has 0 aliphatic heterocycles. The van der Waals surface area contributed by atoms with Crippen molar-refractivity contribution in [3.8, 4) is 0 Å². The number of nitrogens with one attached hydrogen (secondary N) is 1. The molecule has 1 atom stereocenters. The van der Waals surface area contributed by atoms with Crippen LogP contribution >= 0.6 is 0 Å². The van der Waals surface area contributed by atoms with Crippen LogP contribution in [0.3, 0.4) is 0 Å². The van der Waals surface area contributed by atoms with E-state index >= 15 is 0 Å². The molecule has 0 aromatic heterocycles. The summed E-state index contributed by atoms with van der Waals surface area (Å²) in [6.45, 7) is 5.15. The van der Waals surface area contributed by atoms with Crippen molar-refractivity contribution in [2.24, 2.45) is 0 Å². The van der Waals surface area contributed by atoms with Crippen LogP contribution in [-0.2, 0) is 4.74 Å². The highest BCUT2D eigenvalue weighted by atomic mass is 16.5. The summed E-state index contributed by atoms with van der Waals surface area (Å²) < 4.78 is 4.72. The fourth-order valence-electron chi connectivity index (χ4n) is 0.142. The molecule has 0 aliphatic carbocycles. The first kappa shape index (κ1) is 6.63. The van der Waals surface area contributed by atoms with Gasteiger partial charge in [-0.05, 0) is 13.8 Å². The first-order valence-electron chi connectivity index (χ1n) is 2.11. The molecule has 0 aromatic rings. The highest BCUT2D eigenvalue weighted by Crippen LogP contribution is 1.86. The van der Waals surface area contributed by atoms with Crippen molar-refractivity contribution < 1.29 is 4.74 Å². The molecule has 0 rings (SSSR count). The molecule has 0 aliphatic rings. The average molecular weight is 100 g/mol. The fraction of sp³-hybridized carbons (Fsp3) is 0.600. The maximum absolute atomic E-state index is 6.86. The largest absolute Gasteiger partial charge is 0.376 e. The van der Waals surface area contributed by atoms with E-state index in [2.05, 4.69) is 6.92 Å². The lowest BCUT2D eigenvalue weighted by atomic mass is 10.3. The van der Waals surface area contributed by atoms with Crippen molar-refractivity contribution in [3.05, 3.63) is 6.92 Å². The van der Waals surface area contributed by atoms with Gasteiger partial charge in [-0.3, -0.25) is 0 Å². The van der Waals surface area contributed by atoms with Gasteiger partial charge in [-0.25, -0.2) is 0 Å². The standard InChI is InChI=1S/C5H10NO/c1-4(6)5(2)7-3/h5-6H,1H2,2-3H3. The Balaban J connectivity index is 3.34. The van der Waals surface area contributed by atoms with Gasteiger partial charge in [-0.15, -0.1) is 0 Å². The summed E-state index contributed by atoms with van der Waals surface area (Å²) in [5.41, 5.74) is 0.322. The van der Waals surface area contributed by atoms with Gasteiger partial charge in [0.1, 0.15) is 0 Å². The van der Waals surface area contributed by atoms with Crippen molar-refractivity contribution in [2.45, 2.75) is 13.0 Å². The van der Waals surface area contributed by atoms with Gasteiger partial charge in [0.15, 0.2) is 0 Å². The molecule has 41 valence electrons. The molecular weight excluding hydrogens is 90.1 g/mol. The number of rotatable bonds is 2. The predicted molar refractivity (Wildman–Crippen MR) is 29.6 cm³/mol. The molecule has 0 heterocycles. The molecule has 0 saturated carbocycles. The van der Waals surface area contributed by atoms with Crippen LogP contribution in [0.2, 0.25) is 0 Å². The molecule has 1 unspecified atom stereocenters. The van der Waals surface area contributed by atoms with Gasteiger partial charge in [-0.1, -0.05) is 0 Å². The number of ether oxygens (including phenoxy) is 1. The van der Waals surface area contributed by atoms with Crippen LogP contribution < -0.4 is 0 Å². The van der Waals surface area contributed by atoms with Gasteiger partial charge in [-0.2, -0.15) is 0 Å². The Morgan fingerprint density at radius 3 is 2.29 bits per heavy atom. The lowest BCUT2D eigenvalue weighted by molar-refractivity contribution is 0.170. The average Bonchev–Trinajstić information content (AvgIpc) is 1.65. The van der Waals surface area contributed by atoms with Crippen molar-refractivity contribution in [1.82, 2.24) is 0 Å². The Morgan fingerprint density at radius 1 is 1.86 bits per heavy atom. The van der Waals surface area contributed by atoms with Crippen LogP contribution in [0.1, 0.15) is 6.92 Å². The summed E-state index contributed by atoms with van der Waals surface area (Å²) in [6.07, 6.45) is -0.125. The first-order valence-corrected chi connectivity index (χ1v) is 2.11. The van der Waals surface area contributed by atoms with Gasteiger partial charge >= 0.3 is 0 Å². The normalized spacial score (nSPS) is 13.6. The molecular formula is C5H10NO. The van der Waals surface area contributed by atoms with E-state index in [4.69, 9.17) is 10.1 Å². The van der Waals surface area contributed by atoms with E-state index in [1.165, 1.54) is 0 Å². The lowest BCUT2D eigenvalue weighted by Crippen LogP contribution is -2.13. The van der Waals surface area contributed by atoms with E-state index in [1.807, 2.05) is 0 Å². The van der Waals surface area contributed by atoms with E-state index < -0.39 is 0 Å². The lowest BCUT2D eigenvalue weighted by Gasteiger charge is -2.03. The van der Waals surface area contributed by atoms with Crippen molar-refractivity contribution in [1.29, 1.82) is 5.41 Å². The van der Waals surface area contributed by atoms with Crippen LogP contribution in [0.15, 0.2) is 0 Å². The third-order valence-electron chi connectivity index (χ3n) is 0.844. The maximum atomic E-state index is 6.86. The Labute approximate surface area is 44.0 Å². The minimum absolute atomic E-state index is 0.125. The quantitative estimate of drug-likeness (QED) is 0.513. The Hall–Kier alpha value is -0.370. The summed E-state index contributed by atoms with van der Waals surface area (Å²) in [5.74, 6) is 0. The van der Waals surface area contributed by atoms with Gasteiger partial charge < -0.3 is 10.1 Å². The molecule has 0 fully saturated rings. The molecule has 2 heteroatoms. The summed E-state index contributed by atoms with van der Waals surface area (Å²) in [6, 6.07) is 0. The van der Waals surface area contributed by atoms with Gasteiger partial charge in [0.05, 0.1) is 6.10 Å². The Morgan fingerprint density at radius 2 is 2.29 bits per heavy atom. The van der Waals surface area contributed by atoms with E-state index in [-0.39, 0.29) is 6.10 Å². The molecule has 0 amide bonds. The second kappa shape index (κ2) is 2.75. The zero-order chi connectivity index (χ0) is 5.86. The van der Waals surface area contributed by atoms with E-state index in [0.717, 1.165) is 0 Å². The number of methoxy groups -OCH3 is 1. The molecule has 0 saturated heterocycles. The topological polar surface area (TPSA) is 33.1 Å². The molecule has 1 radical (unpaired) electrons. The van der Waals surface area contributed by atoms with E-state index in [1.54, 1.807) is 14.0 Å². The van der Waals surface area contributed by atoms with Crippen molar-refractivity contribution >= 4 is 5.71 Å². The predicted octanol–water partition coefficient (Wildman–Crippen LogP) is 0.875. The van der Waals surface area contributed by atoms with Crippen LogP contribution in [0.4, 0.5) is 0 Å². The summed E-state index contributed by atoms with van der Waals surface area (Å²) in [5, 5.41) is 6.86. The van der Waals surface area contributed by atoms with Crippen molar-refractivity contribution in [2.75, 3.05) is 7.11 Å². The smallest absolute Gasteiger partial charge is 0.0916 e. The molecule has 0 spiro atoms.